The normalized spacial score (nSPS) is 14.9. The first-order chi connectivity index (χ1) is 13.2. The number of carbonyl (C=O) groups is 1. The molecule has 7 heteroatoms. The lowest BCUT2D eigenvalue weighted by atomic mass is 10.1. The number of H-pyrrole nitrogens is 1. The van der Waals surface area contributed by atoms with Gasteiger partial charge in [0, 0.05) is 42.6 Å². The van der Waals surface area contributed by atoms with Crippen molar-refractivity contribution in [3.05, 3.63) is 53.6 Å². The first kappa shape index (κ1) is 16.3. The van der Waals surface area contributed by atoms with E-state index in [1.807, 2.05) is 35.5 Å². The van der Waals surface area contributed by atoms with Crippen molar-refractivity contribution in [1.29, 1.82) is 0 Å². The monoisotopic (exact) mass is 379 g/mol. The van der Waals surface area contributed by atoms with Crippen molar-refractivity contribution in [2.24, 2.45) is 0 Å². The molecule has 0 spiro atoms. The lowest BCUT2D eigenvalue weighted by Gasteiger charge is -2.26. The molecule has 0 atom stereocenters. The fourth-order valence-electron chi connectivity index (χ4n) is 3.80. The summed E-state index contributed by atoms with van der Waals surface area (Å²) in [5.41, 5.74) is 4.24. The molecule has 0 radical (unpaired) electrons. The Labute approximate surface area is 160 Å². The molecule has 27 heavy (non-hydrogen) atoms. The number of nitrogens with zero attached hydrogens (tertiary/aromatic N) is 4. The Morgan fingerprint density at radius 2 is 2.00 bits per heavy atom. The van der Waals surface area contributed by atoms with Gasteiger partial charge in [-0.25, -0.2) is 9.50 Å². The topological polar surface area (TPSA) is 66.3 Å². The van der Waals surface area contributed by atoms with Crippen LogP contribution >= 0.6 is 11.6 Å². The predicted molar refractivity (Wildman–Crippen MR) is 105 cm³/mol. The molecule has 1 aliphatic heterocycles. The highest BCUT2D eigenvalue weighted by Gasteiger charge is 2.22. The van der Waals surface area contributed by atoms with Crippen LogP contribution in [0.3, 0.4) is 0 Å². The number of amides is 1. The second kappa shape index (κ2) is 6.39. The van der Waals surface area contributed by atoms with Gasteiger partial charge in [0.05, 0.1) is 22.3 Å². The lowest BCUT2D eigenvalue weighted by molar-refractivity contribution is 0.0726. The largest absolute Gasteiger partial charge is 0.346 e. The molecule has 0 saturated carbocycles. The Bertz CT molecular complexity index is 1160. The van der Waals surface area contributed by atoms with Gasteiger partial charge in [0.25, 0.3) is 5.91 Å². The van der Waals surface area contributed by atoms with E-state index in [2.05, 4.69) is 15.1 Å². The predicted octanol–water partition coefficient (Wildman–Crippen LogP) is 4.16. The van der Waals surface area contributed by atoms with Crippen LogP contribution in [0.15, 0.2) is 43.0 Å². The summed E-state index contributed by atoms with van der Waals surface area (Å²) in [6.45, 7) is 1.64. The SMILES string of the molecule is O=C(c1cnn2ccc(-c3c[nH]c4ncc(Cl)cc34)cc12)N1CCCCC1. The number of hydrogen-bond acceptors (Lipinski definition) is 3. The zero-order valence-electron chi connectivity index (χ0n) is 14.7. The van der Waals surface area contributed by atoms with Crippen LogP contribution < -0.4 is 0 Å². The van der Waals surface area contributed by atoms with Crippen molar-refractivity contribution < 1.29 is 4.79 Å². The summed E-state index contributed by atoms with van der Waals surface area (Å²) < 4.78 is 1.75. The number of fused-ring (bicyclic) bond motifs is 2. The van der Waals surface area contributed by atoms with Crippen LogP contribution in [0.2, 0.25) is 5.02 Å². The van der Waals surface area contributed by atoms with E-state index in [0.717, 1.165) is 53.6 Å². The van der Waals surface area contributed by atoms with Crippen molar-refractivity contribution in [3.8, 4) is 11.1 Å². The lowest BCUT2D eigenvalue weighted by Crippen LogP contribution is -2.35. The first-order valence-corrected chi connectivity index (χ1v) is 9.48. The molecule has 1 fully saturated rings. The summed E-state index contributed by atoms with van der Waals surface area (Å²) in [4.78, 5) is 22.4. The number of nitrogens with one attached hydrogen (secondary N) is 1. The van der Waals surface area contributed by atoms with Crippen LogP contribution in [-0.4, -0.2) is 43.5 Å². The van der Waals surface area contributed by atoms with Crippen LogP contribution in [0.5, 0.6) is 0 Å². The van der Waals surface area contributed by atoms with Gasteiger partial charge in [-0.3, -0.25) is 4.79 Å². The van der Waals surface area contributed by atoms with Gasteiger partial charge in [-0.2, -0.15) is 5.10 Å². The van der Waals surface area contributed by atoms with E-state index >= 15 is 0 Å². The number of hydrogen-bond donors (Lipinski definition) is 1. The molecule has 4 aromatic heterocycles. The third-order valence-electron chi connectivity index (χ3n) is 5.20. The quantitative estimate of drug-likeness (QED) is 0.568. The van der Waals surface area contributed by atoms with E-state index in [1.165, 1.54) is 6.42 Å². The minimum Gasteiger partial charge on any atom is -0.346 e. The van der Waals surface area contributed by atoms with E-state index in [1.54, 1.807) is 16.9 Å². The molecule has 5 rings (SSSR count). The number of rotatable bonds is 2. The van der Waals surface area contributed by atoms with Crippen LogP contribution in [0.25, 0.3) is 27.7 Å². The number of aromatic nitrogens is 4. The fraction of sp³-hybridized carbons (Fsp3) is 0.250. The summed E-state index contributed by atoms with van der Waals surface area (Å²) in [6.07, 6.45) is 10.4. The zero-order chi connectivity index (χ0) is 18.4. The summed E-state index contributed by atoms with van der Waals surface area (Å²) in [7, 11) is 0. The second-order valence-electron chi connectivity index (χ2n) is 6.91. The molecule has 0 aromatic carbocycles. The highest BCUT2D eigenvalue weighted by atomic mass is 35.5. The Morgan fingerprint density at radius 3 is 2.85 bits per heavy atom. The average molecular weight is 380 g/mol. The molecular formula is C20H18ClN5O. The van der Waals surface area contributed by atoms with Crippen LogP contribution in [0, 0.1) is 0 Å². The van der Waals surface area contributed by atoms with Gasteiger partial charge < -0.3 is 9.88 Å². The maximum atomic E-state index is 13.0. The molecule has 136 valence electrons. The summed E-state index contributed by atoms with van der Waals surface area (Å²) >= 11 is 6.12. The number of carbonyl (C=O) groups excluding carboxylic acids is 1. The standard InChI is InChI=1S/C20H18ClN5O/c21-14-9-15-16(11-23-19(15)22-10-14)13-4-7-26-18(8-13)17(12-24-26)20(27)25-5-2-1-3-6-25/h4,7-12H,1-3,5-6H2,(H,22,23). The molecule has 1 saturated heterocycles. The van der Waals surface area contributed by atoms with E-state index in [9.17, 15) is 4.79 Å². The van der Waals surface area contributed by atoms with E-state index in [-0.39, 0.29) is 5.91 Å². The second-order valence-corrected chi connectivity index (χ2v) is 7.34. The van der Waals surface area contributed by atoms with Gasteiger partial charge in [0.15, 0.2) is 0 Å². The molecule has 6 nitrogen and oxygen atoms in total. The fourth-order valence-corrected chi connectivity index (χ4v) is 3.95. The van der Waals surface area contributed by atoms with Crippen molar-refractivity contribution in [2.45, 2.75) is 19.3 Å². The van der Waals surface area contributed by atoms with E-state index in [0.29, 0.717) is 10.6 Å². The number of pyridine rings is 2. The van der Waals surface area contributed by atoms with Gasteiger partial charge in [0.1, 0.15) is 5.65 Å². The van der Waals surface area contributed by atoms with E-state index < -0.39 is 0 Å². The van der Waals surface area contributed by atoms with Gasteiger partial charge in [-0.05, 0) is 43.0 Å². The Morgan fingerprint density at radius 1 is 1.15 bits per heavy atom. The minimum atomic E-state index is 0.0606. The molecule has 0 unspecified atom stereocenters. The van der Waals surface area contributed by atoms with Gasteiger partial charge in [-0.1, -0.05) is 11.6 Å². The molecule has 1 aliphatic rings. The van der Waals surface area contributed by atoms with Crippen LogP contribution in [-0.2, 0) is 0 Å². The molecular weight excluding hydrogens is 362 g/mol. The Hall–Kier alpha value is -2.86. The third kappa shape index (κ3) is 2.77. The van der Waals surface area contributed by atoms with Crippen molar-refractivity contribution in [2.75, 3.05) is 13.1 Å². The molecule has 0 bridgehead atoms. The Kier molecular flexibility index (Phi) is 3.86. The number of likely N-dealkylation sites (tertiary alicyclic amines) is 1. The highest BCUT2D eigenvalue weighted by molar-refractivity contribution is 6.31. The summed E-state index contributed by atoms with van der Waals surface area (Å²) in [5, 5.41) is 5.91. The van der Waals surface area contributed by atoms with Crippen LogP contribution in [0.1, 0.15) is 29.6 Å². The molecule has 0 aliphatic carbocycles. The van der Waals surface area contributed by atoms with Crippen molar-refractivity contribution in [1.82, 2.24) is 24.5 Å². The van der Waals surface area contributed by atoms with Crippen LogP contribution in [0.4, 0.5) is 0 Å². The number of aromatic amines is 1. The van der Waals surface area contributed by atoms with Crippen molar-refractivity contribution in [3.63, 3.8) is 0 Å². The van der Waals surface area contributed by atoms with Gasteiger partial charge in [-0.15, -0.1) is 0 Å². The maximum absolute atomic E-state index is 13.0. The van der Waals surface area contributed by atoms with Gasteiger partial charge in [0.2, 0.25) is 0 Å². The molecule has 1 amide bonds. The van der Waals surface area contributed by atoms with Crippen molar-refractivity contribution >= 4 is 34.1 Å². The summed E-state index contributed by atoms with van der Waals surface area (Å²) in [6, 6.07) is 5.89. The molecule has 4 aromatic rings. The molecule has 5 heterocycles. The third-order valence-corrected chi connectivity index (χ3v) is 5.41. The maximum Gasteiger partial charge on any atom is 0.257 e. The summed E-state index contributed by atoms with van der Waals surface area (Å²) in [5.74, 6) is 0.0606. The number of piperidine rings is 1. The highest BCUT2D eigenvalue weighted by Crippen LogP contribution is 2.30. The number of halogens is 1. The minimum absolute atomic E-state index is 0.0606. The zero-order valence-corrected chi connectivity index (χ0v) is 15.4. The first-order valence-electron chi connectivity index (χ1n) is 9.10. The smallest absolute Gasteiger partial charge is 0.257 e. The van der Waals surface area contributed by atoms with Gasteiger partial charge >= 0.3 is 0 Å². The average Bonchev–Trinajstić information content (AvgIpc) is 3.31. The molecule has 1 N–H and O–H groups in total. The van der Waals surface area contributed by atoms with E-state index in [4.69, 9.17) is 11.6 Å². The Balaban J connectivity index is 1.60.